The lowest BCUT2D eigenvalue weighted by atomic mass is 11.4. The predicted molar refractivity (Wildman–Crippen MR) is 30.7 cm³/mol. The molecular weight excluding hydrogens is 239 g/mol. The van der Waals surface area contributed by atoms with Crippen molar-refractivity contribution in [2.45, 2.75) is 0 Å². The summed E-state index contributed by atoms with van der Waals surface area (Å²) in [4.78, 5) is 4.46. The first kappa shape index (κ1) is 11.2. The van der Waals surface area contributed by atoms with E-state index >= 15 is 0 Å². The van der Waals surface area contributed by atoms with Crippen LogP contribution in [0.2, 0.25) is 0 Å². The van der Waals surface area contributed by atoms with Crippen molar-refractivity contribution in [3.63, 3.8) is 0 Å². The van der Waals surface area contributed by atoms with E-state index in [1.807, 2.05) is 6.26 Å². The number of nitrogens with two attached hydrogens (primary N) is 1. The molecular formula is C3H9IN2OS. The minimum atomic E-state index is 0. The Bertz CT molecular complexity index is 77.7. The van der Waals surface area contributed by atoms with Gasteiger partial charge in [0.05, 0.1) is 0 Å². The molecule has 0 aromatic heterocycles. The van der Waals surface area contributed by atoms with Crippen molar-refractivity contribution in [3.05, 3.63) is 0 Å². The summed E-state index contributed by atoms with van der Waals surface area (Å²) in [6.07, 6.45) is 1.86. The van der Waals surface area contributed by atoms with Crippen molar-refractivity contribution >= 4 is 16.9 Å². The summed E-state index contributed by atoms with van der Waals surface area (Å²) in [6.45, 7) is 0. The van der Waals surface area contributed by atoms with E-state index in [1.165, 1.54) is 18.9 Å². The standard InChI is InChI=1S/C3H8N2OS.HI/c1-6-5-3(4)7-2;/h1-2H3,(H2,4,5);1H. The van der Waals surface area contributed by atoms with Crippen LogP contribution in [-0.2, 0) is 4.84 Å². The fourth-order valence-electron chi connectivity index (χ4n) is 0.142. The maximum atomic E-state index is 5.23. The van der Waals surface area contributed by atoms with Gasteiger partial charge in [-0.2, -0.15) is 0 Å². The Kier molecular flexibility index (Phi) is 10.3. The van der Waals surface area contributed by atoms with Crippen molar-refractivity contribution in [1.29, 1.82) is 0 Å². The molecule has 0 saturated carbocycles. The zero-order chi connectivity index (χ0) is 5.70. The second-order valence-electron chi connectivity index (χ2n) is 0.875. The van der Waals surface area contributed by atoms with Gasteiger partial charge in [-0.3, -0.25) is 5.73 Å². The largest absolute Gasteiger partial charge is 1.00 e. The number of nitrogens with one attached hydrogen (secondary N) is 1. The summed E-state index contributed by atoms with van der Waals surface area (Å²) in [5, 5.41) is 3.02. The average Bonchev–Trinajstić information content (AvgIpc) is 1.68. The molecule has 0 bridgehead atoms. The van der Waals surface area contributed by atoms with Crippen molar-refractivity contribution in [1.82, 2.24) is 0 Å². The highest BCUT2D eigenvalue weighted by atomic mass is 127. The number of thioether (sulfide) groups is 1. The van der Waals surface area contributed by atoms with E-state index in [0.717, 1.165) is 0 Å². The van der Waals surface area contributed by atoms with Crippen molar-refractivity contribution in [3.8, 4) is 0 Å². The van der Waals surface area contributed by atoms with Crippen LogP contribution in [-0.4, -0.2) is 18.5 Å². The van der Waals surface area contributed by atoms with Crippen LogP contribution < -0.4 is 34.9 Å². The monoisotopic (exact) mass is 248 g/mol. The van der Waals surface area contributed by atoms with Gasteiger partial charge in [-0.25, -0.2) is 0 Å². The third kappa shape index (κ3) is 6.35. The number of hydrogen-bond donors (Lipinski definition) is 2. The van der Waals surface area contributed by atoms with Gasteiger partial charge >= 0.3 is 5.17 Å². The maximum absolute atomic E-state index is 5.23. The molecule has 0 atom stereocenters. The van der Waals surface area contributed by atoms with Crippen LogP contribution in [0.25, 0.3) is 0 Å². The van der Waals surface area contributed by atoms with Gasteiger partial charge in [0.1, 0.15) is 7.11 Å². The molecule has 0 saturated heterocycles. The zero-order valence-corrected chi connectivity index (χ0v) is 7.75. The molecule has 0 aliphatic heterocycles. The van der Waals surface area contributed by atoms with E-state index in [-0.39, 0.29) is 24.0 Å². The van der Waals surface area contributed by atoms with E-state index in [9.17, 15) is 0 Å². The lowest BCUT2D eigenvalue weighted by Crippen LogP contribution is -3.00. The van der Waals surface area contributed by atoms with E-state index in [2.05, 4.69) is 9.99 Å². The Morgan fingerprint density at radius 2 is 2.25 bits per heavy atom. The normalized spacial score (nSPS) is 10.0. The van der Waals surface area contributed by atoms with Gasteiger partial charge in [0.15, 0.2) is 0 Å². The van der Waals surface area contributed by atoms with E-state index in [1.54, 1.807) is 0 Å². The molecule has 0 fully saturated rings. The molecule has 50 valence electrons. The van der Waals surface area contributed by atoms with Crippen molar-refractivity contribution < 1.29 is 34.0 Å². The maximum Gasteiger partial charge on any atom is 0.340 e. The van der Waals surface area contributed by atoms with Crippen LogP contribution >= 0.6 is 11.8 Å². The number of rotatable bonds is 1. The van der Waals surface area contributed by atoms with Crippen LogP contribution in [0.15, 0.2) is 0 Å². The second kappa shape index (κ2) is 7.35. The fourth-order valence-corrected chi connectivity index (χ4v) is 0.309. The smallest absolute Gasteiger partial charge is 0.340 e. The fraction of sp³-hybridized carbons (Fsp3) is 0.667. The third-order valence-corrected chi connectivity index (χ3v) is 0.946. The summed E-state index contributed by atoms with van der Waals surface area (Å²) in [5.74, 6) is 0. The Morgan fingerprint density at radius 1 is 1.75 bits per heavy atom. The highest BCUT2D eigenvalue weighted by molar-refractivity contribution is 8.12. The summed E-state index contributed by atoms with van der Waals surface area (Å²) in [6, 6.07) is 0. The lowest BCUT2D eigenvalue weighted by molar-refractivity contribution is -0.743. The molecule has 0 unspecified atom stereocenters. The highest BCUT2D eigenvalue weighted by Crippen LogP contribution is 1.80. The first-order chi connectivity index (χ1) is 3.31. The molecule has 0 spiro atoms. The van der Waals surface area contributed by atoms with Crippen LogP contribution in [0.4, 0.5) is 0 Å². The molecule has 0 aliphatic carbocycles. The van der Waals surface area contributed by atoms with Crippen LogP contribution in [0.3, 0.4) is 0 Å². The molecule has 3 nitrogen and oxygen atoms in total. The van der Waals surface area contributed by atoms with Crippen LogP contribution in [0.5, 0.6) is 0 Å². The highest BCUT2D eigenvalue weighted by Gasteiger charge is 1.89. The molecule has 5 heteroatoms. The number of amidine groups is 1. The first-order valence-electron chi connectivity index (χ1n) is 1.76. The van der Waals surface area contributed by atoms with Gasteiger partial charge < -0.3 is 28.8 Å². The second-order valence-corrected chi connectivity index (χ2v) is 1.72. The minimum Gasteiger partial charge on any atom is -1.00 e. The Morgan fingerprint density at radius 3 is 2.38 bits per heavy atom. The summed E-state index contributed by atoms with van der Waals surface area (Å²) in [5.41, 5.74) is 5.23. The Balaban J connectivity index is 0. The summed E-state index contributed by atoms with van der Waals surface area (Å²) >= 11 is 1.41. The average molecular weight is 248 g/mol. The van der Waals surface area contributed by atoms with E-state index < -0.39 is 0 Å². The SMILES string of the molecule is CO/[NH+]=C(\N)SC.[I-]. The van der Waals surface area contributed by atoms with Crippen molar-refractivity contribution in [2.75, 3.05) is 13.4 Å². The minimum absolute atomic E-state index is 0. The lowest BCUT2D eigenvalue weighted by Gasteiger charge is -1.82. The molecule has 8 heavy (non-hydrogen) atoms. The number of halogens is 1. The molecule has 0 heterocycles. The van der Waals surface area contributed by atoms with Crippen LogP contribution in [0, 0.1) is 0 Å². The Hall–Kier alpha value is 0.350. The molecule has 0 aromatic carbocycles. The molecule has 0 amide bonds. The third-order valence-electron chi connectivity index (χ3n) is 0.423. The first-order valence-corrected chi connectivity index (χ1v) is 2.99. The van der Waals surface area contributed by atoms with E-state index in [0.29, 0.717) is 5.17 Å². The van der Waals surface area contributed by atoms with Crippen LogP contribution in [0.1, 0.15) is 0 Å². The predicted octanol–water partition coefficient (Wildman–Crippen LogP) is -4.69. The summed E-state index contributed by atoms with van der Waals surface area (Å²) in [7, 11) is 1.52. The van der Waals surface area contributed by atoms with Gasteiger partial charge in [-0.05, 0) is 18.0 Å². The van der Waals surface area contributed by atoms with Gasteiger partial charge in [0.2, 0.25) is 0 Å². The molecule has 0 rings (SSSR count). The van der Waals surface area contributed by atoms with Gasteiger partial charge in [-0.15, -0.1) is 0 Å². The molecule has 0 radical (unpaired) electrons. The number of hydrogen-bond acceptors (Lipinski definition) is 2. The van der Waals surface area contributed by atoms with Gasteiger partial charge in [0, 0.05) is 0 Å². The van der Waals surface area contributed by atoms with Gasteiger partial charge in [0.25, 0.3) is 0 Å². The van der Waals surface area contributed by atoms with E-state index in [4.69, 9.17) is 5.73 Å². The zero-order valence-electron chi connectivity index (χ0n) is 4.77. The summed E-state index contributed by atoms with van der Waals surface area (Å²) < 4.78 is 0. The Labute approximate surface area is 70.0 Å². The molecule has 3 N–H and O–H groups in total. The molecule has 0 aromatic rings. The van der Waals surface area contributed by atoms with Gasteiger partial charge in [-0.1, -0.05) is 5.16 Å². The molecule has 0 aliphatic rings. The topological polar surface area (TPSA) is 49.2 Å². The van der Waals surface area contributed by atoms with Crippen molar-refractivity contribution in [2.24, 2.45) is 5.73 Å². The quantitative estimate of drug-likeness (QED) is 0.212.